The Balaban J connectivity index is 2.32. The molecule has 0 aromatic rings. The minimum Gasteiger partial charge on any atom is -0.385 e. The quantitative estimate of drug-likeness (QED) is 0.610. The number of nitrogens with one attached hydrogen (secondary N) is 1. The van der Waals surface area contributed by atoms with Crippen LogP contribution in [0.5, 0.6) is 0 Å². The van der Waals surface area contributed by atoms with Crippen molar-refractivity contribution in [3.8, 4) is 6.07 Å². The Morgan fingerprint density at radius 2 is 2.29 bits per heavy atom. The molecule has 1 aliphatic carbocycles. The molecule has 0 radical (unpaired) electrons. The average Bonchev–Trinajstić information content (AvgIpc) is 3.18. The van der Waals surface area contributed by atoms with E-state index < -0.39 is 0 Å². The van der Waals surface area contributed by atoms with Gasteiger partial charge in [0, 0.05) is 19.5 Å². The van der Waals surface area contributed by atoms with Crippen molar-refractivity contribution >= 4 is 11.8 Å². The van der Waals surface area contributed by atoms with Crippen LogP contribution in [-0.4, -0.2) is 37.3 Å². The van der Waals surface area contributed by atoms with Crippen LogP contribution in [0.3, 0.4) is 0 Å². The molecule has 0 heterocycles. The minimum atomic E-state index is -0.270. The molecular weight excluding hydrogens is 232 g/mol. The van der Waals surface area contributed by atoms with Crippen LogP contribution >= 0.6 is 11.8 Å². The zero-order valence-electron chi connectivity index (χ0n) is 11.0. The first-order valence-corrected chi connectivity index (χ1v) is 7.67. The van der Waals surface area contributed by atoms with Crippen molar-refractivity contribution in [2.75, 3.05) is 31.8 Å². The Hall–Kier alpha value is -0.240. The summed E-state index contributed by atoms with van der Waals surface area (Å²) in [5.74, 6) is 2.57. The van der Waals surface area contributed by atoms with Gasteiger partial charge in [-0.25, -0.2) is 0 Å². The van der Waals surface area contributed by atoms with Gasteiger partial charge in [-0.2, -0.15) is 17.0 Å². The van der Waals surface area contributed by atoms with Crippen molar-refractivity contribution in [2.24, 2.45) is 5.92 Å². The van der Waals surface area contributed by atoms with Gasteiger partial charge in [-0.3, -0.25) is 5.32 Å². The average molecular weight is 256 g/mol. The van der Waals surface area contributed by atoms with E-state index in [0.29, 0.717) is 5.92 Å². The van der Waals surface area contributed by atoms with E-state index in [4.69, 9.17) is 4.74 Å². The standard InChI is InChI=1S/C13H24N2OS/c1-3-7-15-13(10-14,12-5-6-12)11-17-9-4-8-16-2/h12,15H,3-9,11H2,1-2H3. The molecule has 0 saturated heterocycles. The van der Waals surface area contributed by atoms with Crippen LogP contribution in [-0.2, 0) is 4.74 Å². The fourth-order valence-electron chi connectivity index (χ4n) is 1.94. The van der Waals surface area contributed by atoms with E-state index in [2.05, 4.69) is 18.3 Å². The number of hydrogen-bond donors (Lipinski definition) is 1. The van der Waals surface area contributed by atoms with Gasteiger partial charge in [-0.05, 0) is 43.9 Å². The highest BCUT2D eigenvalue weighted by atomic mass is 32.2. The maximum atomic E-state index is 9.47. The van der Waals surface area contributed by atoms with E-state index in [-0.39, 0.29) is 5.54 Å². The van der Waals surface area contributed by atoms with Gasteiger partial charge in [-0.15, -0.1) is 0 Å². The number of hydrogen-bond acceptors (Lipinski definition) is 4. The lowest BCUT2D eigenvalue weighted by Gasteiger charge is -2.27. The molecule has 1 saturated carbocycles. The third-order valence-electron chi connectivity index (χ3n) is 3.13. The van der Waals surface area contributed by atoms with Crippen molar-refractivity contribution in [3.05, 3.63) is 0 Å². The highest BCUT2D eigenvalue weighted by Gasteiger charge is 2.45. The molecule has 0 amide bonds. The summed E-state index contributed by atoms with van der Waals surface area (Å²) in [6.07, 6.45) is 4.58. The molecule has 1 fully saturated rings. The van der Waals surface area contributed by atoms with Crippen molar-refractivity contribution in [1.29, 1.82) is 5.26 Å². The van der Waals surface area contributed by atoms with E-state index in [9.17, 15) is 5.26 Å². The van der Waals surface area contributed by atoms with Crippen LogP contribution in [0.25, 0.3) is 0 Å². The maximum Gasteiger partial charge on any atom is 0.118 e. The van der Waals surface area contributed by atoms with Crippen LogP contribution in [0.2, 0.25) is 0 Å². The van der Waals surface area contributed by atoms with E-state index in [1.165, 1.54) is 12.8 Å². The topological polar surface area (TPSA) is 45.0 Å². The Bertz CT molecular complexity index is 250. The zero-order chi connectivity index (χ0) is 12.6. The fraction of sp³-hybridized carbons (Fsp3) is 0.923. The molecule has 0 aromatic heterocycles. The lowest BCUT2D eigenvalue weighted by molar-refractivity contribution is 0.200. The summed E-state index contributed by atoms with van der Waals surface area (Å²) < 4.78 is 5.03. The molecule has 0 aromatic carbocycles. The Morgan fingerprint density at radius 3 is 2.82 bits per heavy atom. The van der Waals surface area contributed by atoms with Gasteiger partial charge in [0.1, 0.15) is 5.54 Å². The van der Waals surface area contributed by atoms with Gasteiger partial charge in [0.2, 0.25) is 0 Å². The Labute approximate surface area is 109 Å². The third kappa shape index (κ3) is 4.87. The summed E-state index contributed by atoms with van der Waals surface area (Å²) in [6.45, 7) is 3.91. The highest BCUT2D eigenvalue weighted by Crippen LogP contribution is 2.41. The summed E-state index contributed by atoms with van der Waals surface area (Å²) in [5, 5.41) is 12.9. The van der Waals surface area contributed by atoms with Crippen LogP contribution < -0.4 is 5.32 Å². The monoisotopic (exact) mass is 256 g/mol. The molecule has 3 nitrogen and oxygen atoms in total. The largest absolute Gasteiger partial charge is 0.385 e. The molecule has 0 bridgehead atoms. The smallest absolute Gasteiger partial charge is 0.118 e. The number of rotatable bonds is 10. The lowest BCUT2D eigenvalue weighted by atomic mass is 9.97. The molecule has 1 atom stereocenters. The van der Waals surface area contributed by atoms with Crippen molar-refractivity contribution in [2.45, 2.75) is 38.1 Å². The van der Waals surface area contributed by atoms with E-state index in [1.54, 1.807) is 7.11 Å². The third-order valence-corrected chi connectivity index (χ3v) is 4.37. The highest BCUT2D eigenvalue weighted by molar-refractivity contribution is 7.99. The van der Waals surface area contributed by atoms with Crippen molar-refractivity contribution in [3.63, 3.8) is 0 Å². The maximum absolute atomic E-state index is 9.47. The number of nitrogens with zero attached hydrogens (tertiary/aromatic N) is 1. The molecular formula is C13H24N2OS. The lowest BCUT2D eigenvalue weighted by Crippen LogP contribution is -2.48. The molecule has 0 aliphatic heterocycles. The summed E-state index contributed by atoms with van der Waals surface area (Å²) in [6, 6.07) is 2.54. The number of methoxy groups -OCH3 is 1. The number of nitriles is 1. The van der Waals surface area contributed by atoms with E-state index >= 15 is 0 Å². The first kappa shape index (κ1) is 14.8. The predicted octanol–water partition coefficient (Wildman–Crippen LogP) is 2.43. The van der Waals surface area contributed by atoms with E-state index in [0.717, 1.165) is 37.5 Å². The number of thioether (sulfide) groups is 1. The Morgan fingerprint density at radius 1 is 1.53 bits per heavy atom. The summed E-state index contributed by atoms with van der Waals surface area (Å²) >= 11 is 1.88. The Kier molecular flexibility index (Phi) is 6.94. The fourth-order valence-corrected chi connectivity index (χ4v) is 3.13. The summed E-state index contributed by atoms with van der Waals surface area (Å²) in [7, 11) is 1.73. The molecule has 1 unspecified atom stereocenters. The zero-order valence-corrected chi connectivity index (χ0v) is 11.8. The molecule has 0 spiro atoms. The molecule has 17 heavy (non-hydrogen) atoms. The van der Waals surface area contributed by atoms with Gasteiger partial charge >= 0.3 is 0 Å². The first-order valence-electron chi connectivity index (χ1n) is 6.52. The van der Waals surface area contributed by atoms with E-state index in [1.807, 2.05) is 11.8 Å². The molecule has 1 aliphatic rings. The van der Waals surface area contributed by atoms with Gasteiger partial charge in [-0.1, -0.05) is 6.92 Å². The number of ether oxygens (including phenoxy) is 1. The second-order valence-electron chi connectivity index (χ2n) is 4.68. The van der Waals surface area contributed by atoms with Crippen LogP contribution in [0, 0.1) is 17.2 Å². The van der Waals surface area contributed by atoms with Crippen LogP contribution in [0.15, 0.2) is 0 Å². The van der Waals surface area contributed by atoms with Gasteiger partial charge in [0.25, 0.3) is 0 Å². The van der Waals surface area contributed by atoms with Crippen molar-refractivity contribution < 1.29 is 4.74 Å². The molecule has 1 N–H and O–H groups in total. The van der Waals surface area contributed by atoms with Crippen LogP contribution in [0.1, 0.15) is 32.6 Å². The molecule has 98 valence electrons. The second kappa shape index (κ2) is 7.97. The predicted molar refractivity (Wildman–Crippen MR) is 73.2 cm³/mol. The first-order chi connectivity index (χ1) is 8.29. The minimum absolute atomic E-state index is 0.270. The SMILES string of the molecule is CCCNC(C#N)(CSCCCOC)C1CC1. The van der Waals surface area contributed by atoms with Gasteiger partial charge < -0.3 is 4.74 Å². The second-order valence-corrected chi connectivity index (χ2v) is 5.79. The summed E-state index contributed by atoms with van der Waals surface area (Å²) in [4.78, 5) is 0. The van der Waals surface area contributed by atoms with Crippen molar-refractivity contribution in [1.82, 2.24) is 5.32 Å². The molecule has 4 heteroatoms. The van der Waals surface area contributed by atoms with Gasteiger partial charge in [0.05, 0.1) is 6.07 Å². The van der Waals surface area contributed by atoms with Crippen LogP contribution in [0.4, 0.5) is 0 Å². The summed E-state index contributed by atoms with van der Waals surface area (Å²) in [5.41, 5.74) is -0.270. The molecule has 1 rings (SSSR count). The normalized spacial score (nSPS) is 18.6. The van der Waals surface area contributed by atoms with Gasteiger partial charge in [0.15, 0.2) is 0 Å².